The van der Waals surface area contributed by atoms with Gasteiger partial charge in [0, 0.05) is 6.20 Å². The van der Waals surface area contributed by atoms with Gasteiger partial charge in [0.15, 0.2) is 0 Å². The molecule has 2 aromatic carbocycles. The summed E-state index contributed by atoms with van der Waals surface area (Å²) < 4.78 is 33.3. The third-order valence-corrected chi connectivity index (χ3v) is 6.68. The predicted molar refractivity (Wildman–Crippen MR) is 125 cm³/mol. The maximum atomic E-state index is 13.3. The number of fused-ring (bicyclic) bond motifs is 1. The maximum Gasteiger partial charge on any atom is 0.269 e. The molecular formula is C25H19N3O4S. The minimum absolute atomic E-state index is 0.0523. The number of sulfone groups is 1. The lowest BCUT2D eigenvalue weighted by Gasteiger charge is -2.12. The lowest BCUT2D eigenvalue weighted by Crippen LogP contribution is -2.19. The molecule has 0 atom stereocenters. The molecule has 33 heavy (non-hydrogen) atoms. The van der Waals surface area contributed by atoms with Crippen LogP contribution in [0.2, 0.25) is 0 Å². The molecule has 0 amide bonds. The van der Waals surface area contributed by atoms with Crippen molar-refractivity contribution in [2.45, 2.75) is 18.7 Å². The molecule has 0 spiro atoms. The van der Waals surface area contributed by atoms with E-state index in [-0.39, 0.29) is 16.3 Å². The fraction of sp³-hybridized carbons (Fsp3) is 0.0800. The molecule has 0 saturated carbocycles. The predicted octanol–water partition coefficient (Wildman–Crippen LogP) is 4.44. The summed E-state index contributed by atoms with van der Waals surface area (Å²) in [6.07, 6.45) is 2.54. The Balaban J connectivity index is 1.95. The van der Waals surface area contributed by atoms with E-state index in [1.165, 1.54) is 22.7 Å². The van der Waals surface area contributed by atoms with E-state index in [0.717, 1.165) is 17.2 Å². The van der Waals surface area contributed by atoms with Crippen LogP contribution in [0.5, 0.6) is 11.6 Å². The summed E-state index contributed by atoms with van der Waals surface area (Å²) in [5.74, 6) is 0.376. The van der Waals surface area contributed by atoms with Crippen LogP contribution >= 0.6 is 0 Å². The third-order valence-electron chi connectivity index (χ3n) is 5.00. The molecule has 0 saturated heterocycles. The Kier molecular flexibility index (Phi) is 5.82. The van der Waals surface area contributed by atoms with Crippen molar-refractivity contribution in [3.05, 3.63) is 105 Å². The van der Waals surface area contributed by atoms with E-state index in [4.69, 9.17) is 4.74 Å². The average Bonchev–Trinajstić information content (AvgIpc) is 2.81. The fourth-order valence-corrected chi connectivity index (χ4v) is 4.49. The van der Waals surface area contributed by atoms with Crippen molar-refractivity contribution in [3.8, 4) is 17.7 Å². The van der Waals surface area contributed by atoms with Crippen LogP contribution in [0.4, 0.5) is 0 Å². The first-order chi connectivity index (χ1) is 15.8. The van der Waals surface area contributed by atoms with Gasteiger partial charge in [-0.2, -0.15) is 10.2 Å². The van der Waals surface area contributed by atoms with Crippen LogP contribution in [0.3, 0.4) is 0 Å². The quantitative estimate of drug-likeness (QED) is 0.411. The van der Waals surface area contributed by atoms with Crippen molar-refractivity contribution < 1.29 is 13.2 Å². The van der Waals surface area contributed by atoms with Crippen LogP contribution in [0.15, 0.2) is 87.5 Å². The number of rotatable bonds is 5. The van der Waals surface area contributed by atoms with Crippen LogP contribution in [0.1, 0.15) is 16.7 Å². The molecule has 4 aromatic rings. The van der Waals surface area contributed by atoms with Crippen molar-refractivity contribution in [3.63, 3.8) is 0 Å². The maximum absolute atomic E-state index is 13.3. The first-order valence-electron chi connectivity index (χ1n) is 9.99. The lowest BCUT2D eigenvalue weighted by atomic mass is 10.1. The number of hydrogen-bond acceptors (Lipinski definition) is 6. The molecule has 0 unspecified atom stereocenters. The molecule has 7 nitrogen and oxygen atoms in total. The zero-order valence-corrected chi connectivity index (χ0v) is 18.7. The molecular weight excluding hydrogens is 438 g/mol. The van der Waals surface area contributed by atoms with Gasteiger partial charge in [-0.1, -0.05) is 42.0 Å². The molecule has 0 bridgehead atoms. The molecule has 4 rings (SSSR count). The molecule has 0 fully saturated rings. The van der Waals surface area contributed by atoms with Crippen LogP contribution in [0, 0.1) is 25.2 Å². The number of nitrogens with zero attached hydrogens (tertiary/aromatic N) is 3. The largest absolute Gasteiger partial charge is 0.438 e. The van der Waals surface area contributed by atoms with Crippen molar-refractivity contribution >= 4 is 21.6 Å². The van der Waals surface area contributed by atoms with Crippen molar-refractivity contribution in [1.82, 2.24) is 9.38 Å². The monoisotopic (exact) mass is 457 g/mol. The molecule has 0 radical (unpaired) electrons. The highest BCUT2D eigenvalue weighted by Gasteiger charge is 2.23. The van der Waals surface area contributed by atoms with Gasteiger partial charge in [-0.3, -0.25) is 9.20 Å². The summed E-state index contributed by atoms with van der Waals surface area (Å²) >= 11 is 0. The van der Waals surface area contributed by atoms with Crippen LogP contribution in [0.25, 0.3) is 11.7 Å². The Labute approximate surface area is 190 Å². The number of aromatic nitrogens is 2. The van der Waals surface area contributed by atoms with Crippen molar-refractivity contribution in [2.75, 3.05) is 0 Å². The summed E-state index contributed by atoms with van der Waals surface area (Å²) in [5, 5.41) is 9.68. The zero-order chi connectivity index (χ0) is 23.6. The molecule has 2 heterocycles. The standard InChI is InChI=1S/C25H19N3O4S/c1-17-11-12-22(18(2)14-17)32-24-21(25(29)28-13-7-6-10-23(28)27-24)15-20(16-26)33(30,31)19-8-4-3-5-9-19/h3-15H,1-2H3/b20-15-. The van der Waals surface area contributed by atoms with Gasteiger partial charge in [0.05, 0.1) is 4.90 Å². The molecule has 0 aliphatic heterocycles. The SMILES string of the molecule is Cc1ccc(Oc2nc3ccccn3c(=O)c2/C=C(/C#N)S(=O)(=O)c2ccccc2)c(C)c1. The number of ether oxygens (including phenoxy) is 1. The number of pyridine rings is 1. The average molecular weight is 458 g/mol. The topological polar surface area (TPSA) is 102 Å². The highest BCUT2D eigenvalue weighted by molar-refractivity contribution is 7.95. The molecule has 0 N–H and O–H groups in total. The van der Waals surface area contributed by atoms with Crippen LogP contribution in [-0.4, -0.2) is 17.8 Å². The molecule has 0 aliphatic rings. The summed E-state index contributed by atoms with van der Waals surface area (Å²) in [4.78, 5) is 17.1. The van der Waals surface area contributed by atoms with E-state index < -0.39 is 20.3 Å². The summed E-state index contributed by atoms with van der Waals surface area (Å²) in [6, 6.07) is 19.8. The third kappa shape index (κ3) is 4.27. The van der Waals surface area contributed by atoms with Gasteiger partial charge in [0.2, 0.25) is 15.7 Å². The van der Waals surface area contributed by atoms with E-state index in [1.54, 1.807) is 48.5 Å². The zero-order valence-electron chi connectivity index (χ0n) is 17.9. The van der Waals surface area contributed by atoms with E-state index in [9.17, 15) is 18.5 Å². The van der Waals surface area contributed by atoms with Gasteiger partial charge < -0.3 is 4.74 Å². The van der Waals surface area contributed by atoms with Gasteiger partial charge in [0.25, 0.3) is 5.56 Å². The first kappa shape index (κ1) is 22.0. The number of allylic oxidation sites excluding steroid dienone is 1. The summed E-state index contributed by atoms with van der Waals surface area (Å²) in [5.41, 5.74) is 1.47. The normalized spacial score (nSPS) is 11.8. The fourth-order valence-electron chi connectivity index (χ4n) is 3.33. The number of aryl methyl sites for hydroxylation is 2. The Morgan fingerprint density at radius 1 is 1.06 bits per heavy atom. The highest BCUT2D eigenvalue weighted by atomic mass is 32.2. The van der Waals surface area contributed by atoms with Gasteiger partial charge >= 0.3 is 0 Å². The number of nitriles is 1. The van der Waals surface area contributed by atoms with Crippen molar-refractivity contribution in [1.29, 1.82) is 5.26 Å². The second kappa shape index (κ2) is 8.73. The Bertz CT molecular complexity index is 1600. The molecule has 0 aliphatic carbocycles. The number of benzene rings is 2. The van der Waals surface area contributed by atoms with E-state index in [1.807, 2.05) is 26.0 Å². The minimum atomic E-state index is -4.15. The van der Waals surface area contributed by atoms with Gasteiger partial charge in [0.1, 0.15) is 27.9 Å². The van der Waals surface area contributed by atoms with Crippen LogP contribution < -0.4 is 10.3 Å². The molecule has 2 aromatic heterocycles. The van der Waals surface area contributed by atoms with Gasteiger partial charge in [-0.05, 0) is 55.8 Å². The van der Waals surface area contributed by atoms with E-state index in [2.05, 4.69) is 4.98 Å². The Hall–Kier alpha value is -4.22. The second-order valence-electron chi connectivity index (χ2n) is 7.37. The van der Waals surface area contributed by atoms with E-state index >= 15 is 0 Å². The highest BCUT2D eigenvalue weighted by Crippen LogP contribution is 2.29. The second-order valence-corrected chi connectivity index (χ2v) is 9.29. The number of hydrogen-bond donors (Lipinski definition) is 0. The lowest BCUT2D eigenvalue weighted by molar-refractivity contribution is 0.457. The summed E-state index contributed by atoms with van der Waals surface area (Å²) in [7, 11) is -4.15. The minimum Gasteiger partial charge on any atom is -0.438 e. The smallest absolute Gasteiger partial charge is 0.269 e. The van der Waals surface area contributed by atoms with Gasteiger partial charge in [-0.15, -0.1) is 0 Å². The molecule has 164 valence electrons. The first-order valence-corrected chi connectivity index (χ1v) is 11.5. The Morgan fingerprint density at radius 3 is 2.48 bits per heavy atom. The van der Waals surface area contributed by atoms with E-state index in [0.29, 0.717) is 11.4 Å². The summed E-state index contributed by atoms with van der Waals surface area (Å²) in [6.45, 7) is 3.80. The van der Waals surface area contributed by atoms with Crippen molar-refractivity contribution in [2.24, 2.45) is 0 Å². The Morgan fingerprint density at radius 2 is 1.79 bits per heavy atom. The van der Waals surface area contributed by atoms with Gasteiger partial charge in [-0.25, -0.2) is 8.42 Å². The van der Waals surface area contributed by atoms with Crippen LogP contribution in [-0.2, 0) is 9.84 Å². The molecule has 8 heteroatoms.